The van der Waals surface area contributed by atoms with Crippen molar-refractivity contribution >= 4 is 39.3 Å². The molecule has 0 saturated carbocycles. The van der Waals surface area contributed by atoms with Gasteiger partial charge in [0.15, 0.2) is 0 Å². The largest absolute Gasteiger partial charge is 0.465 e. The van der Waals surface area contributed by atoms with Crippen molar-refractivity contribution in [3.05, 3.63) is 53.6 Å². The Balaban J connectivity index is 1.91. The van der Waals surface area contributed by atoms with E-state index in [-0.39, 0.29) is 22.1 Å². The summed E-state index contributed by atoms with van der Waals surface area (Å²) in [6.45, 7) is 1.37. The molecule has 9 heteroatoms. The molecular formula is C21H24N2O5S2. The number of thioether (sulfide) groups is 1. The molecule has 0 atom stereocenters. The van der Waals surface area contributed by atoms with Gasteiger partial charge in [-0.05, 0) is 61.9 Å². The number of piperidine rings is 1. The number of anilines is 1. The Morgan fingerprint density at radius 1 is 1.07 bits per heavy atom. The highest BCUT2D eigenvalue weighted by atomic mass is 32.2. The number of methoxy groups -OCH3 is 1. The molecule has 0 radical (unpaired) electrons. The normalized spacial score (nSPS) is 14.3. The number of sulfonamides is 1. The number of amides is 1. The SMILES string of the molecule is COC(=O)c1cccc(NS(=O)(=O)c2ccc(SC)c(C(=O)N3CCCCC3)c2)c1. The van der Waals surface area contributed by atoms with Crippen molar-refractivity contribution in [1.82, 2.24) is 4.90 Å². The molecule has 1 saturated heterocycles. The lowest BCUT2D eigenvalue weighted by Crippen LogP contribution is -2.36. The first-order chi connectivity index (χ1) is 14.4. The van der Waals surface area contributed by atoms with Crippen molar-refractivity contribution in [2.45, 2.75) is 29.1 Å². The average Bonchev–Trinajstić information content (AvgIpc) is 2.78. The highest BCUT2D eigenvalue weighted by molar-refractivity contribution is 7.98. The van der Waals surface area contributed by atoms with E-state index in [9.17, 15) is 18.0 Å². The smallest absolute Gasteiger partial charge is 0.337 e. The Labute approximate surface area is 180 Å². The van der Waals surface area contributed by atoms with Gasteiger partial charge in [-0.15, -0.1) is 11.8 Å². The quantitative estimate of drug-likeness (QED) is 0.536. The molecule has 160 valence electrons. The molecule has 0 unspecified atom stereocenters. The van der Waals surface area contributed by atoms with Crippen LogP contribution in [0.3, 0.4) is 0 Å². The standard InChI is InChI=1S/C21H24N2O5S2/c1-28-21(25)15-7-6-8-16(13-15)22-30(26,27)17-9-10-19(29-2)18(14-17)20(24)23-11-4-3-5-12-23/h6-10,13-14,22H,3-5,11-12H2,1-2H3. The molecule has 30 heavy (non-hydrogen) atoms. The van der Waals surface area contributed by atoms with Crippen LogP contribution in [-0.4, -0.2) is 51.6 Å². The highest BCUT2D eigenvalue weighted by Gasteiger charge is 2.24. The highest BCUT2D eigenvalue weighted by Crippen LogP contribution is 2.27. The van der Waals surface area contributed by atoms with Crippen molar-refractivity contribution in [3.63, 3.8) is 0 Å². The van der Waals surface area contributed by atoms with E-state index < -0.39 is 16.0 Å². The third-order valence-electron chi connectivity index (χ3n) is 4.89. The molecule has 1 aliphatic rings. The van der Waals surface area contributed by atoms with Gasteiger partial charge in [0.05, 0.1) is 23.1 Å². The van der Waals surface area contributed by atoms with E-state index in [0.29, 0.717) is 18.7 Å². The topological polar surface area (TPSA) is 92.8 Å². The Hall–Kier alpha value is -2.52. The maximum atomic E-state index is 13.0. The Kier molecular flexibility index (Phi) is 7.04. The maximum Gasteiger partial charge on any atom is 0.337 e. The number of hydrogen-bond acceptors (Lipinski definition) is 6. The van der Waals surface area contributed by atoms with Gasteiger partial charge in [0, 0.05) is 23.7 Å². The lowest BCUT2D eigenvalue weighted by molar-refractivity contribution is 0.0600. The summed E-state index contributed by atoms with van der Waals surface area (Å²) >= 11 is 1.40. The van der Waals surface area contributed by atoms with Crippen LogP contribution < -0.4 is 4.72 Å². The zero-order valence-electron chi connectivity index (χ0n) is 16.9. The Morgan fingerprint density at radius 2 is 1.80 bits per heavy atom. The van der Waals surface area contributed by atoms with Crippen molar-refractivity contribution in [2.75, 3.05) is 31.2 Å². The van der Waals surface area contributed by atoms with Crippen molar-refractivity contribution < 1.29 is 22.7 Å². The first-order valence-corrected chi connectivity index (χ1v) is 12.2. The minimum atomic E-state index is -3.96. The second-order valence-electron chi connectivity index (χ2n) is 6.89. The molecule has 0 aromatic heterocycles. The van der Waals surface area contributed by atoms with Gasteiger partial charge in [0.1, 0.15) is 0 Å². The molecule has 3 rings (SSSR count). The minimum absolute atomic E-state index is 0.0101. The number of rotatable bonds is 6. The van der Waals surface area contributed by atoms with E-state index in [1.54, 1.807) is 23.1 Å². The zero-order valence-corrected chi connectivity index (χ0v) is 18.5. The summed E-state index contributed by atoms with van der Waals surface area (Å²) < 4.78 is 33.0. The van der Waals surface area contributed by atoms with Crippen LogP contribution in [0.2, 0.25) is 0 Å². The number of nitrogens with zero attached hydrogens (tertiary/aromatic N) is 1. The maximum absolute atomic E-state index is 13.0. The van der Waals surface area contributed by atoms with E-state index in [1.165, 1.54) is 43.1 Å². The number of likely N-dealkylation sites (tertiary alicyclic amines) is 1. The number of nitrogens with one attached hydrogen (secondary N) is 1. The summed E-state index contributed by atoms with van der Waals surface area (Å²) in [4.78, 5) is 27.2. The summed E-state index contributed by atoms with van der Waals surface area (Å²) in [5, 5.41) is 0. The fraction of sp³-hybridized carbons (Fsp3) is 0.333. The molecule has 1 aliphatic heterocycles. The third-order valence-corrected chi connectivity index (χ3v) is 7.07. The molecule has 2 aromatic rings. The number of benzene rings is 2. The van der Waals surface area contributed by atoms with Crippen LogP contribution in [0.15, 0.2) is 52.3 Å². The second-order valence-corrected chi connectivity index (χ2v) is 9.42. The monoisotopic (exact) mass is 448 g/mol. The fourth-order valence-corrected chi connectivity index (χ4v) is 4.98. The molecule has 1 heterocycles. The Bertz CT molecular complexity index is 1050. The summed E-state index contributed by atoms with van der Waals surface area (Å²) in [6, 6.07) is 10.6. The van der Waals surface area contributed by atoms with Crippen LogP contribution in [0.1, 0.15) is 40.0 Å². The minimum Gasteiger partial charge on any atom is -0.465 e. The van der Waals surface area contributed by atoms with Gasteiger partial charge in [-0.25, -0.2) is 13.2 Å². The molecule has 0 aliphatic carbocycles. The van der Waals surface area contributed by atoms with E-state index in [0.717, 1.165) is 24.2 Å². The van der Waals surface area contributed by atoms with Gasteiger partial charge in [-0.3, -0.25) is 9.52 Å². The average molecular weight is 449 g/mol. The van der Waals surface area contributed by atoms with Crippen LogP contribution in [0, 0.1) is 0 Å². The summed E-state index contributed by atoms with van der Waals surface area (Å²) in [6.07, 6.45) is 4.86. The first-order valence-electron chi connectivity index (χ1n) is 9.54. The van der Waals surface area contributed by atoms with Crippen LogP contribution in [0.4, 0.5) is 5.69 Å². The van der Waals surface area contributed by atoms with Gasteiger partial charge < -0.3 is 9.64 Å². The summed E-state index contributed by atoms with van der Waals surface area (Å²) in [5.74, 6) is -0.710. The lowest BCUT2D eigenvalue weighted by atomic mass is 10.1. The van der Waals surface area contributed by atoms with Crippen molar-refractivity contribution in [2.24, 2.45) is 0 Å². The molecule has 0 bridgehead atoms. The zero-order chi connectivity index (χ0) is 21.7. The number of hydrogen-bond donors (Lipinski definition) is 1. The van der Waals surface area contributed by atoms with E-state index in [1.807, 2.05) is 6.26 Å². The van der Waals surface area contributed by atoms with Crippen molar-refractivity contribution in [1.29, 1.82) is 0 Å². The number of ether oxygens (including phenoxy) is 1. The van der Waals surface area contributed by atoms with Crippen LogP contribution in [0.5, 0.6) is 0 Å². The van der Waals surface area contributed by atoms with Crippen LogP contribution in [-0.2, 0) is 14.8 Å². The van der Waals surface area contributed by atoms with Crippen molar-refractivity contribution in [3.8, 4) is 0 Å². The molecule has 1 N–H and O–H groups in total. The fourth-order valence-electron chi connectivity index (χ4n) is 3.33. The van der Waals surface area contributed by atoms with Gasteiger partial charge in [0.25, 0.3) is 15.9 Å². The number of carbonyl (C=O) groups is 2. The second kappa shape index (κ2) is 9.53. The lowest BCUT2D eigenvalue weighted by Gasteiger charge is -2.27. The predicted molar refractivity (Wildman–Crippen MR) is 117 cm³/mol. The summed E-state index contributed by atoms with van der Waals surface area (Å²) in [5.41, 5.74) is 0.850. The summed E-state index contributed by atoms with van der Waals surface area (Å²) in [7, 11) is -2.70. The molecular weight excluding hydrogens is 424 g/mol. The first kappa shape index (κ1) is 22.2. The molecule has 2 aromatic carbocycles. The van der Waals surface area contributed by atoms with E-state index in [2.05, 4.69) is 9.46 Å². The molecule has 1 fully saturated rings. The number of esters is 1. The third kappa shape index (κ3) is 4.96. The van der Waals surface area contributed by atoms with Gasteiger partial charge >= 0.3 is 5.97 Å². The predicted octanol–water partition coefficient (Wildman–Crippen LogP) is 3.62. The molecule has 0 spiro atoms. The van der Waals surface area contributed by atoms with Gasteiger partial charge in [-0.2, -0.15) is 0 Å². The number of carbonyl (C=O) groups excluding carboxylic acids is 2. The van der Waals surface area contributed by atoms with Gasteiger partial charge in [-0.1, -0.05) is 6.07 Å². The van der Waals surface area contributed by atoms with Gasteiger partial charge in [0.2, 0.25) is 0 Å². The van der Waals surface area contributed by atoms with Crippen LogP contribution >= 0.6 is 11.8 Å². The molecule has 1 amide bonds. The molecule has 7 nitrogen and oxygen atoms in total. The van der Waals surface area contributed by atoms with E-state index in [4.69, 9.17) is 0 Å². The Morgan fingerprint density at radius 3 is 2.47 bits per heavy atom. The van der Waals surface area contributed by atoms with E-state index >= 15 is 0 Å². The van der Waals surface area contributed by atoms with Crippen LogP contribution in [0.25, 0.3) is 0 Å².